The van der Waals surface area contributed by atoms with Crippen molar-refractivity contribution in [3.63, 3.8) is 0 Å². The fourth-order valence-corrected chi connectivity index (χ4v) is 3.54. The second-order valence-electron chi connectivity index (χ2n) is 6.94. The molecule has 7 heteroatoms. The number of nitrogens with zero attached hydrogens (tertiary/aromatic N) is 4. The number of rotatable bonds is 6. The molecule has 1 N–H and O–H groups in total. The number of nitrogens with one attached hydrogen (secondary N) is 1. The number of hydrogen-bond donors (Lipinski definition) is 1. The third-order valence-electron chi connectivity index (χ3n) is 5.11. The van der Waals surface area contributed by atoms with Crippen LogP contribution in [0.2, 0.25) is 0 Å². The number of nitro benzene ring substituents is 1. The molecule has 0 atom stereocenters. The monoisotopic (exact) mass is 387 g/mol. The molecule has 2 aromatic carbocycles. The molecule has 0 spiro atoms. The molecule has 7 nitrogen and oxygen atoms in total. The Balaban J connectivity index is 1.60. The number of benzene rings is 2. The Bertz CT molecular complexity index is 1180. The maximum Gasteiger partial charge on any atom is 0.278 e. The van der Waals surface area contributed by atoms with Gasteiger partial charge in [-0.3, -0.25) is 19.8 Å². The Hall–Kier alpha value is -3.74. The molecular weight excluding hydrogens is 366 g/mol. The summed E-state index contributed by atoms with van der Waals surface area (Å²) in [5.41, 5.74) is 5.78. The smallest absolute Gasteiger partial charge is 0.278 e. The van der Waals surface area contributed by atoms with Crippen molar-refractivity contribution in [3.05, 3.63) is 93.4 Å². The van der Waals surface area contributed by atoms with Gasteiger partial charge in [-0.25, -0.2) is 0 Å². The van der Waals surface area contributed by atoms with Crippen molar-refractivity contribution in [2.45, 2.75) is 26.9 Å². The second kappa shape index (κ2) is 7.71. The minimum atomic E-state index is -0.379. The zero-order valence-corrected chi connectivity index (χ0v) is 16.3. The van der Waals surface area contributed by atoms with Crippen molar-refractivity contribution < 1.29 is 4.92 Å². The summed E-state index contributed by atoms with van der Waals surface area (Å²) in [4.78, 5) is 15.3. The second-order valence-corrected chi connectivity index (χ2v) is 6.94. The number of aromatic nitrogens is 3. The van der Waals surface area contributed by atoms with Crippen LogP contribution in [0.15, 0.2) is 60.8 Å². The molecule has 0 aliphatic heterocycles. The Morgan fingerprint density at radius 2 is 1.86 bits per heavy atom. The molecule has 0 radical (unpaired) electrons. The summed E-state index contributed by atoms with van der Waals surface area (Å²) in [7, 11) is 0. The molecule has 0 aliphatic carbocycles. The van der Waals surface area contributed by atoms with Crippen LogP contribution in [0.3, 0.4) is 0 Å². The van der Waals surface area contributed by atoms with Gasteiger partial charge >= 0.3 is 0 Å². The normalized spacial score (nSPS) is 11.0. The lowest BCUT2D eigenvalue weighted by Crippen LogP contribution is -2.06. The highest BCUT2D eigenvalue weighted by molar-refractivity contribution is 5.96. The van der Waals surface area contributed by atoms with Crippen molar-refractivity contribution >= 4 is 22.3 Å². The van der Waals surface area contributed by atoms with E-state index in [1.807, 2.05) is 29.8 Å². The maximum atomic E-state index is 11.3. The average molecular weight is 387 g/mol. The minimum absolute atomic E-state index is 0.0571. The van der Waals surface area contributed by atoms with E-state index in [9.17, 15) is 10.1 Å². The standard InChI is InChI=1S/C22H21N5O2/c1-15-19(16(2)26(25-15)14-17-7-4-3-5-8-17)13-24-20-10-11-21(27(28)29)18-9-6-12-23-22(18)20/h3-12,24H,13-14H2,1-2H3. The van der Waals surface area contributed by atoms with Crippen molar-refractivity contribution in [1.29, 1.82) is 0 Å². The van der Waals surface area contributed by atoms with Gasteiger partial charge in [0.2, 0.25) is 0 Å². The fourth-order valence-electron chi connectivity index (χ4n) is 3.54. The van der Waals surface area contributed by atoms with Crippen LogP contribution < -0.4 is 5.32 Å². The largest absolute Gasteiger partial charge is 0.379 e. The summed E-state index contributed by atoms with van der Waals surface area (Å²) in [5.74, 6) is 0. The number of nitro groups is 1. The van der Waals surface area contributed by atoms with E-state index in [4.69, 9.17) is 0 Å². The number of hydrogen-bond acceptors (Lipinski definition) is 5. The number of fused-ring (bicyclic) bond motifs is 1. The van der Waals surface area contributed by atoms with E-state index >= 15 is 0 Å². The molecule has 0 bridgehead atoms. The van der Waals surface area contributed by atoms with Crippen molar-refractivity contribution in [3.8, 4) is 0 Å². The van der Waals surface area contributed by atoms with Gasteiger partial charge in [-0.15, -0.1) is 0 Å². The zero-order valence-electron chi connectivity index (χ0n) is 16.3. The zero-order chi connectivity index (χ0) is 20.4. The van der Waals surface area contributed by atoms with E-state index in [1.54, 1.807) is 24.4 Å². The van der Waals surface area contributed by atoms with Crippen LogP contribution in [0, 0.1) is 24.0 Å². The molecule has 4 rings (SSSR count). The highest BCUT2D eigenvalue weighted by atomic mass is 16.6. The molecule has 0 amide bonds. The van der Waals surface area contributed by atoms with Gasteiger partial charge in [0, 0.05) is 30.1 Å². The van der Waals surface area contributed by atoms with Crippen molar-refractivity contribution in [2.24, 2.45) is 0 Å². The lowest BCUT2D eigenvalue weighted by molar-refractivity contribution is -0.383. The van der Waals surface area contributed by atoms with Crippen LogP contribution in [-0.4, -0.2) is 19.7 Å². The van der Waals surface area contributed by atoms with Crippen molar-refractivity contribution in [2.75, 3.05) is 5.32 Å². The minimum Gasteiger partial charge on any atom is -0.379 e. The molecule has 0 saturated carbocycles. The SMILES string of the molecule is Cc1nn(Cc2ccccc2)c(C)c1CNc1ccc([N+](=O)[O-])c2cccnc12. The van der Waals surface area contributed by atoms with Crippen LogP contribution in [0.25, 0.3) is 10.9 Å². The van der Waals surface area contributed by atoms with Gasteiger partial charge in [-0.2, -0.15) is 5.10 Å². The first-order valence-electron chi connectivity index (χ1n) is 9.37. The highest BCUT2D eigenvalue weighted by Gasteiger charge is 2.16. The van der Waals surface area contributed by atoms with E-state index in [0.29, 0.717) is 17.4 Å². The van der Waals surface area contributed by atoms with Crippen molar-refractivity contribution in [1.82, 2.24) is 14.8 Å². The van der Waals surface area contributed by atoms with Crippen LogP contribution in [-0.2, 0) is 13.1 Å². The predicted molar refractivity (Wildman–Crippen MR) is 113 cm³/mol. The maximum absolute atomic E-state index is 11.3. The van der Waals surface area contributed by atoms with Gasteiger partial charge in [-0.1, -0.05) is 30.3 Å². The average Bonchev–Trinajstić information content (AvgIpc) is 2.99. The summed E-state index contributed by atoms with van der Waals surface area (Å²) in [5, 5.41) is 19.9. The third kappa shape index (κ3) is 3.67. The van der Waals surface area contributed by atoms with Gasteiger partial charge in [0.15, 0.2) is 0 Å². The van der Waals surface area contributed by atoms with Crippen LogP contribution in [0.4, 0.5) is 11.4 Å². The molecule has 0 aliphatic rings. The van der Waals surface area contributed by atoms with Crippen LogP contribution in [0.5, 0.6) is 0 Å². The number of pyridine rings is 1. The molecule has 29 heavy (non-hydrogen) atoms. The molecule has 2 aromatic heterocycles. The van der Waals surface area contributed by atoms with Gasteiger partial charge in [0.25, 0.3) is 5.69 Å². The van der Waals surface area contributed by atoms with Gasteiger partial charge in [0.1, 0.15) is 5.52 Å². The van der Waals surface area contributed by atoms with Gasteiger partial charge in [-0.05, 0) is 37.6 Å². The van der Waals surface area contributed by atoms with Gasteiger partial charge < -0.3 is 5.32 Å². The third-order valence-corrected chi connectivity index (χ3v) is 5.11. The van der Waals surface area contributed by atoms with E-state index in [1.165, 1.54) is 11.6 Å². The Labute approximate surface area is 168 Å². The topological polar surface area (TPSA) is 85.9 Å². The molecule has 0 unspecified atom stereocenters. The Morgan fingerprint density at radius 1 is 1.07 bits per heavy atom. The first-order valence-corrected chi connectivity index (χ1v) is 9.37. The summed E-state index contributed by atoms with van der Waals surface area (Å²) in [6.45, 7) is 5.34. The molecular formula is C22H21N5O2. The molecule has 4 aromatic rings. The Kier molecular flexibility index (Phi) is 4.95. The quantitative estimate of drug-likeness (QED) is 0.385. The van der Waals surface area contributed by atoms with E-state index in [2.05, 4.69) is 34.5 Å². The van der Waals surface area contributed by atoms with E-state index in [-0.39, 0.29) is 10.6 Å². The fraction of sp³-hybridized carbons (Fsp3) is 0.182. The first kappa shape index (κ1) is 18.6. The lowest BCUT2D eigenvalue weighted by atomic mass is 10.1. The van der Waals surface area contributed by atoms with E-state index in [0.717, 1.165) is 29.2 Å². The van der Waals surface area contributed by atoms with E-state index < -0.39 is 0 Å². The summed E-state index contributed by atoms with van der Waals surface area (Å²) in [6, 6.07) is 16.9. The van der Waals surface area contributed by atoms with Gasteiger partial charge in [0.05, 0.1) is 28.2 Å². The van der Waals surface area contributed by atoms with Crippen LogP contribution in [0.1, 0.15) is 22.5 Å². The number of non-ortho nitro benzene ring substituents is 1. The summed E-state index contributed by atoms with van der Waals surface area (Å²) >= 11 is 0. The molecule has 0 saturated heterocycles. The molecule has 0 fully saturated rings. The predicted octanol–water partition coefficient (Wildman–Crippen LogP) is 4.62. The first-order chi connectivity index (χ1) is 14.0. The Morgan fingerprint density at radius 3 is 2.62 bits per heavy atom. The highest BCUT2D eigenvalue weighted by Crippen LogP contribution is 2.30. The lowest BCUT2D eigenvalue weighted by Gasteiger charge is -2.10. The summed E-state index contributed by atoms with van der Waals surface area (Å²) in [6.07, 6.45) is 1.64. The number of aryl methyl sites for hydroxylation is 1. The number of anilines is 1. The summed E-state index contributed by atoms with van der Waals surface area (Å²) < 4.78 is 2.01. The van der Waals surface area contributed by atoms with Crippen LogP contribution >= 0.6 is 0 Å². The molecule has 2 heterocycles. The molecule has 146 valence electrons.